The molecule has 0 spiro atoms. The van der Waals surface area contributed by atoms with Gasteiger partial charge in [0, 0.05) is 11.6 Å². The van der Waals surface area contributed by atoms with Gasteiger partial charge in [-0.2, -0.15) is 0 Å². The lowest BCUT2D eigenvalue weighted by molar-refractivity contribution is 0.167. The SMILES string of the molecule is COCC(NN)c1ccc2cc(Br)ccc2c1. The Bertz CT molecular complexity index is 516. The van der Waals surface area contributed by atoms with E-state index in [0.29, 0.717) is 6.61 Å². The van der Waals surface area contributed by atoms with Crippen LogP contribution < -0.4 is 11.3 Å². The van der Waals surface area contributed by atoms with Gasteiger partial charge in [0.25, 0.3) is 0 Å². The van der Waals surface area contributed by atoms with Crippen LogP contribution in [-0.4, -0.2) is 13.7 Å². The predicted octanol–water partition coefficient (Wildman–Crippen LogP) is 2.75. The van der Waals surface area contributed by atoms with E-state index in [2.05, 4.69) is 51.7 Å². The zero-order valence-corrected chi connectivity index (χ0v) is 11.2. The van der Waals surface area contributed by atoms with Crippen LogP contribution in [0, 0.1) is 0 Å². The molecule has 3 N–H and O–H groups in total. The molecule has 0 saturated carbocycles. The van der Waals surface area contributed by atoms with Crippen molar-refractivity contribution in [2.24, 2.45) is 5.84 Å². The normalized spacial score (nSPS) is 12.9. The molecule has 0 aromatic heterocycles. The first kappa shape index (κ1) is 12.5. The molecule has 0 aliphatic rings. The van der Waals surface area contributed by atoms with Crippen LogP contribution in [0.5, 0.6) is 0 Å². The molecule has 0 amide bonds. The van der Waals surface area contributed by atoms with E-state index in [0.717, 1.165) is 10.0 Å². The first-order valence-electron chi connectivity index (χ1n) is 5.39. The maximum absolute atomic E-state index is 5.52. The highest BCUT2D eigenvalue weighted by Gasteiger charge is 2.09. The van der Waals surface area contributed by atoms with Crippen LogP contribution in [0.4, 0.5) is 0 Å². The average molecular weight is 295 g/mol. The Morgan fingerprint density at radius 3 is 2.65 bits per heavy atom. The fraction of sp³-hybridized carbons (Fsp3) is 0.231. The van der Waals surface area contributed by atoms with Gasteiger partial charge in [0.15, 0.2) is 0 Å². The van der Waals surface area contributed by atoms with Gasteiger partial charge in [0.1, 0.15) is 0 Å². The molecule has 90 valence electrons. The summed E-state index contributed by atoms with van der Waals surface area (Å²) in [5.74, 6) is 5.52. The monoisotopic (exact) mass is 294 g/mol. The van der Waals surface area contributed by atoms with Gasteiger partial charge in [-0.25, -0.2) is 0 Å². The molecule has 1 unspecified atom stereocenters. The van der Waals surface area contributed by atoms with E-state index in [4.69, 9.17) is 10.6 Å². The molecule has 1 atom stereocenters. The molecular formula is C13H15BrN2O. The maximum Gasteiger partial charge on any atom is 0.0693 e. The van der Waals surface area contributed by atoms with Gasteiger partial charge in [-0.15, -0.1) is 0 Å². The molecule has 0 aliphatic heterocycles. The lowest BCUT2D eigenvalue weighted by Crippen LogP contribution is -2.31. The first-order chi connectivity index (χ1) is 8.24. The smallest absolute Gasteiger partial charge is 0.0693 e. The molecule has 3 nitrogen and oxygen atoms in total. The molecule has 17 heavy (non-hydrogen) atoms. The van der Waals surface area contributed by atoms with Crippen LogP contribution in [0.3, 0.4) is 0 Å². The van der Waals surface area contributed by atoms with Crippen LogP contribution in [-0.2, 0) is 4.74 Å². The van der Waals surface area contributed by atoms with Gasteiger partial charge in [0.05, 0.1) is 12.6 Å². The molecule has 0 aliphatic carbocycles. The van der Waals surface area contributed by atoms with Crippen molar-refractivity contribution in [3.05, 3.63) is 46.4 Å². The molecule has 2 rings (SSSR count). The van der Waals surface area contributed by atoms with E-state index >= 15 is 0 Å². The molecule has 0 saturated heterocycles. The van der Waals surface area contributed by atoms with Gasteiger partial charge < -0.3 is 4.74 Å². The predicted molar refractivity (Wildman–Crippen MR) is 73.6 cm³/mol. The second-order valence-corrected chi connectivity index (χ2v) is 4.84. The minimum Gasteiger partial charge on any atom is -0.383 e. The quantitative estimate of drug-likeness (QED) is 0.673. The summed E-state index contributed by atoms with van der Waals surface area (Å²) in [4.78, 5) is 0. The van der Waals surface area contributed by atoms with E-state index in [1.807, 2.05) is 6.07 Å². The number of benzene rings is 2. The molecule has 0 bridgehead atoms. The van der Waals surface area contributed by atoms with Gasteiger partial charge in [-0.1, -0.05) is 34.1 Å². The Morgan fingerprint density at radius 1 is 1.24 bits per heavy atom. The highest BCUT2D eigenvalue weighted by molar-refractivity contribution is 9.10. The summed E-state index contributed by atoms with van der Waals surface area (Å²) in [6.45, 7) is 0.554. The highest BCUT2D eigenvalue weighted by Crippen LogP contribution is 2.23. The molecular weight excluding hydrogens is 280 g/mol. The number of ether oxygens (including phenoxy) is 1. The first-order valence-corrected chi connectivity index (χ1v) is 6.18. The van der Waals surface area contributed by atoms with Crippen molar-refractivity contribution in [2.45, 2.75) is 6.04 Å². The Balaban J connectivity index is 2.40. The van der Waals surface area contributed by atoms with Crippen molar-refractivity contribution in [3.63, 3.8) is 0 Å². The van der Waals surface area contributed by atoms with Crippen molar-refractivity contribution in [3.8, 4) is 0 Å². The van der Waals surface area contributed by atoms with E-state index in [-0.39, 0.29) is 6.04 Å². The molecule has 0 heterocycles. The molecule has 2 aromatic carbocycles. The Hall–Kier alpha value is -0.940. The Kier molecular flexibility index (Phi) is 4.12. The second kappa shape index (κ2) is 5.60. The average Bonchev–Trinajstić information content (AvgIpc) is 2.35. The zero-order chi connectivity index (χ0) is 12.3. The van der Waals surface area contributed by atoms with E-state index in [1.54, 1.807) is 7.11 Å². The number of hydrogen-bond acceptors (Lipinski definition) is 3. The van der Waals surface area contributed by atoms with Gasteiger partial charge in [-0.05, 0) is 34.5 Å². The highest BCUT2D eigenvalue weighted by atomic mass is 79.9. The summed E-state index contributed by atoms with van der Waals surface area (Å²) in [5.41, 5.74) is 3.89. The fourth-order valence-corrected chi connectivity index (χ4v) is 2.24. The van der Waals surface area contributed by atoms with Crippen molar-refractivity contribution >= 4 is 26.7 Å². The molecule has 0 radical (unpaired) electrons. The third-order valence-electron chi connectivity index (χ3n) is 2.76. The van der Waals surface area contributed by atoms with Crippen LogP contribution >= 0.6 is 15.9 Å². The van der Waals surface area contributed by atoms with E-state index in [9.17, 15) is 0 Å². The summed E-state index contributed by atoms with van der Waals surface area (Å²) in [6.07, 6.45) is 0. The van der Waals surface area contributed by atoms with Crippen molar-refractivity contribution in [2.75, 3.05) is 13.7 Å². The second-order valence-electron chi connectivity index (χ2n) is 3.93. The Labute approximate surface area is 109 Å². The van der Waals surface area contributed by atoms with Gasteiger partial charge in [-0.3, -0.25) is 11.3 Å². The van der Waals surface area contributed by atoms with Crippen LogP contribution in [0.15, 0.2) is 40.9 Å². The molecule has 0 fully saturated rings. The third-order valence-corrected chi connectivity index (χ3v) is 3.26. The molecule has 4 heteroatoms. The third kappa shape index (κ3) is 2.84. The minimum atomic E-state index is 0.0213. The van der Waals surface area contributed by atoms with Gasteiger partial charge in [0.2, 0.25) is 0 Å². The van der Waals surface area contributed by atoms with E-state index in [1.165, 1.54) is 10.8 Å². The summed E-state index contributed by atoms with van der Waals surface area (Å²) in [7, 11) is 1.67. The maximum atomic E-state index is 5.52. The largest absolute Gasteiger partial charge is 0.383 e. The van der Waals surface area contributed by atoms with Crippen molar-refractivity contribution in [1.82, 2.24) is 5.43 Å². The lowest BCUT2D eigenvalue weighted by atomic mass is 10.0. The van der Waals surface area contributed by atoms with Crippen LogP contribution in [0.1, 0.15) is 11.6 Å². The number of halogens is 1. The Morgan fingerprint density at radius 2 is 1.94 bits per heavy atom. The minimum absolute atomic E-state index is 0.0213. The van der Waals surface area contributed by atoms with Crippen LogP contribution in [0.25, 0.3) is 10.8 Å². The number of rotatable bonds is 4. The number of nitrogens with one attached hydrogen (secondary N) is 1. The number of fused-ring (bicyclic) bond motifs is 1. The summed E-state index contributed by atoms with van der Waals surface area (Å²) in [5, 5.41) is 2.40. The number of hydrazine groups is 1. The van der Waals surface area contributed by atoms with Gasteiger partial charge >= 0.3 is 0 Å². The summed E-state index contributed by atoms with van der Waals surface area (Å²) in [6, 6.07) is 12.5. The summed E-state index contributed by atoms with van der Waals surface area (Å²) < 4.78 is 6.22. The van der Waals surface area contributed by atoms with Crippen LogP contribution in [0.2, 0.25) is 0 Å². The number of hydrogen-bond donors (Lipinski definition) is 2. The topological polar surface area (TPSA) is 47.3 Å². The fourth-order valence-electron chi connectivity index (χ4n) is 1.86. The van der Waals surface area contributed by atoms with Crippen molar-refractivity contribution in [1.29, 1.82) is 0 Å². The standard InChI is InChI=1S/C13H15BrN2O/c1-17-8-13(16-15)11-3-2-10-7-12(14)5-4-9(10)6-11/h2-7,13,16H,8,15H2,1H3. The van der Waals surface area contributed by atoms with E-state index < -0.39 is 0 Å². The zero-order valence-electron chi connectivity index (χ0n) is 9.61. The van der Waals surface area contributed by atoms with Crippen molar-refractivity contribution < 1.29 is 4.74 Å². The number of nitrogens with two attached hydrogens (primary N) is 1. The number of methoxy groups -OCH3 is 1. The lowest BCUT2D eigenvalue weighted by Gasteiger charge is -2.15. The molecule has 2 aromatic rings. The summed E-state index contributed by atoms with van der Waals surface area (Å²) >= 11 is 3.47.